The summed E-state index contributed by atoms with van der Waals surface area (Å²) in [5, 5.41) is 13.7. The second-order valence-electron chi connectivity index (χ2n) is 7.07. The van der Waals surface area contributed by atoms with Crippen LogP contribution in [0.3, 0.4) is 0 Å². The largest absolute Gasteiger partial charge is 0.297 e. The van der Waals surface area contributed by atoms with Crippen LogP contribution in [-0.4, -0.2) is 45.7 Å². The van der Waals surface area contributed by atoms with Crippen LogP contribution >= 0.6 is 11.8 Å². The molecule has 2 N–H and O–H groups in total. The van der Waals surface area contributed by atoms with Gasteiger partial charge in [-0.15, -0.1) is 0 Å². The van der Waals surface area contributed by atoms with E-state index in [1.165, 1.54) is 17.1 Å². The van der Waals surface area contributed by atoms with Crippen LogP contribution < -0.4 is 11.0 Å². The van der Waals surface area contributed by atoms with E-state index in [0.717, 1.165) is 25.2 Å². The number of hydrazone groups is 1. The second-order valence-corrected chi connectivity index (χ2v) is 8.30. The monoisotopic (exact) mass is 430 g/mol. The Balaban J connectivity index is 1.54. The second kappa shape index (κ2) is 10.1. The topological polar surface area (TPSA) is 97.2 Å². The fourth-order valence-electron chi connectivity index (χ4n) is 3.40. The highest BCUT2D eigenvalue weighted by Crippen LogP contribution is 2.19. The molecule has 2 heterocycles. The third-order valence-corrected chi connectivity index (χ3v) is 5.95. The van der Waals surface area contributed by atoms with E-state index in [1.807, 2.05) is 66.4 Å². The van der Waals surface area contributed by atoms with E-state index in [0.29, 0.717) is 11.3 Å². The number of nitrogens with zero attached hydrogens (tertiary/aromatic N) is 4. The zero-order valence-corrected chi connectivity index (χ0v) is 17.7. The Morgan fingerprint density at radius 3 is 2.68 bits per heavy atom. The summed E-state index contributed by atoms with van der Waals surface area (Å²) in [6.07, 6.45) is 1.73. The fraction of sp³-hybridized carbons (Fsp3) is 0.217. The Hall–Kier alpha value is -3.41. The van der Waals surface area contributed by atoms with Gasteiger partial charge < -0.3 is 0 Å². The highest BCUT2D eigenvalue weighted by atomic mass is 32.2. The van der Waals surface area contributed by atoms with Gasteiger partial charge in [-0.05, 0) is 11.1 Å². The molecule has 1 fully saturated rings. The van der Waals surface area contributed by atoms with Crippen LogP contribution in [0.5, 0.6) is 0 Å². The van der Waals surface area contributed by atoms with Crippen molar-refractivity contribution in [2.45, 2.75) is 6.54 Å². The molecule has 1 saturated heterocycles. The van der Waals surface area contributed by atoms with Gasteiger partial charge in [-0.25, -0.2) is 10.4 Å². The average molecular weight is 431 g/mol. The van der Waals surface area contributed by atoms with E-state index in [2.05, 4.69) is 31.5 Å². The number of H-pyrrole nitrogens is 1. The summed E-state index contributed by atoms with van der Waals surface area (Å²) in [6, 6.07) is 19.2. The first-order valence-corrected chi connectivity index (χ1v) is 11.2. The van der Waals surface area contributed by atoms with Crippen LogP contribution in [0.15, 0.2) is 64.5 Å². The van der Waals surface area contributed by atoms with E-state index < -0.39 is 5.56 Å². The zero-order chi connectivity index (χ0) is 21.5. The maximum absolute atomic E-state index is 12.4. The molecule has 0 saturated carbocycles. The van der Waals surface area contributed by atoms with Gasteiger partial charge in [0.15, 0.2) is 0 Å². The molecule has 0 spiro atoms. The molecule has 0 atom stereocenters. The molecule has 0 bridgehead atoms. The third-order valence-electron chi connectivity index (χ3n) is 5.01. The number of nitriles is 1. The summed E-state index contributed by atoms with van der Waals surface area (Å²) >= 11 is 1.99. The standard InChI is InChI=1S/C23H22N6OS/c24-14-20-21(17-6-2-1-3-7-17)26-23(27-22(20)30)28-25-15-18-8-4-5-9-19(18)16-29-10-12-31-13-11-29/h1-9,15H,10-13,16H2,(H2,26,27,28,30). The van der Waals surface area contributed by atoms with Gasteiger partial charge in [0.05, 0.1) is 11.9 Å². The molecule has 4 rings (SSSR count). The number of hydrogen-bond donors (Lipinski definition) is 2. The predicted molar refractivity (Wildman–Crippen MR) is 125 cm³/mol. The van der Waals surface area contributed by atoms with Crippen molar-refractivity contribution in [1.29, 1.82) is 5.26 Å². The van der Waals surface area contributed by atoms with Crippen LogP contribution in [-0.2, 0) is 6.54 Å². The number of anilines is 1. The highest BCUT2D eigenvalue weighted by molar-refractivity contribution is 7.99. The predicted octanol–water partition coefficient (Wildman–Crippen LogP) is 3.30. The molecular weight excluding hydrogens is 408 g/mol. The average Bonchev–Trinajstić information content (AvgIpc) is 2.81. The van der Waals surface area contributed by atoms with Gasteiger partial charge in [-0.3, -0.25) is 14.7 Å². The van der Waals surface area contributed by atoms with Crippen LogP contribution in [0.1, 0.15) is 16.7 Å². The van der Waals surface area contributed by atoms with Gasteiger partial charge >= 0.3 is 0 Å². The van der Waals surface area contributed by atoms with Gasteiger partial charge in [-0.2, -0.15) is 22.1 Å². The quantitative estimate of drug-likeness (QED) is 0.460. The van der Waals surface area contributed by atoms with Crippen LogP contribution in [0.4, 0.5) is 5.95 Å². The minimum absolute atomic E-state index is 0.0224. The molecule has 0 radical (unpaired) electrons. The normalized spacial score (nSPS) is 14.4. The summed E-state index contributed by atoms with van der Waals surface area (Å²) < 4.78 is 0. The molecule has 8 heteroatoms. The minimum atomic E-state index is -0.502. The number of benzene rings is 2. The summed E-state index contributed by atoms with van der Waals surface area (Å²) in [6.45, 7) is 3.06. The summed E-state index contributed by atoms with van der Waals surface area (Å²) in [4.78, 5) is 21.8. The highest BCUT2D eigenvalue weighted by Gasteiger charge is 2.14. The van der Waals surface area contributed by atoms with Crippen molar-refractivity contribution < 1.29 is 0 Å². The van der Waals surface area contributed by atoms with Crippen molar-refractivity contribution in [1.82, 2.24) is 14.9 Å². The number of thioether (sulfide) groups is 1. The molecule has 0 aliphatic carbocycles. The maximum atomic E-state index is 12.4. The molecule has 0 amide bonds. The van der Waals surface area contributed by atoms with Gasteiger partial charge in [-0.1, -0.05) is 54.6 Å². The molecule has 1 aliphatic rings. The Labute approximate surface area is 184 Å². The van der Waals surface area contributed by atoms with Crippen molar-refractivity contribution in [3.8, 4) is 17.3 Å². The van der Waals surface area contributed by atoms with Crippen LogP contribution in [0, 0.1) is 11.3 Å². The first kappa shape index (κ1) is 20.8. The zero-order valence-electron chi connectivity index (χ0n) is 16.9. The van der Waals surface area contributed by atoms with Crippen molar-refractivity contribution in [2.24, 2.45) is 5.10 Å². The van der Waals surface area contributed by atoms with E-state index in [9.17, 15) is 10.1 Å². The van der Waals surface area contributed by atoms with Crippen molar-refractivity contribution in [2.75, 3.05) is 30.0 Å². The first-order chi connectivity index (χ1) is 15.2. The van der Waals surface area contributed by atoms with Gasteiger partial charge in [0.1, 0.15) is 11.6 Å². The van der Waals surface area contributed by atoms with Crippen molar-refractivity contribution in [3.63, 3.8) is 0 Å². The van der Waals surface area contributed by atoms with E-state index in [4.69, 9.17) is 0 Å². The maximum Gasteiger partial charge on any atom is 0.270 e. The molecule has 1 aliphatic heterocycles. The molecular formula is C23H22N6OS. The van der Waals surface area contributed by atoms with E-state index in [1.54, 1.807) is 6.21 Å². The summed E-state index contributed by atoms with van der Waals surface area (Å²) in [5.41, 5.74) is 5.51. The first-order valence-electron chi connectivity index (χ1n) is 10.0. The number of hydrogen-bond acceptors (Lipinski definition) is 7. The Bertz CT molecular complexity index is 1160. The van der Waals surface area contributed by atoms with Gasteiger partial charge in [0.25, 0.3) is 5.56 Å². The van der Waals surface area contributed by atoms with Gasteiger partial charge in [0, 0.05) is 36.7 Å². The van der Waals surface area contributed by atoms with Crippen LogP contribution in [0.25, 0.3) is 11.3 Å². The molecule has 0 unspecified atom stereocenters. The molecule has 31 heavy (non-hydrogen) atoms. The molecule has 3 aromatic rings. The number of nitrogens with one attached hydrogen (secondary N) is 2. The lowest BCUT2D eigenvalue weighted by Gasteiger charge is -2.26. The van der Waals surface area contributed by atoms with Gasteiger partial charge in [0.2, 0.25) is 5.95 Å². The summed E-state index contributed by atoms with van der Waals surface area (Å²) in [5.74, 6) is 2.52. The SMILES string of the molecule is N#Cc1c(-c2ccccc2)nc(NN=Cc2ccccc2CN2CCSCC2)[nH]c1=O. The van der Waals surface area contributed by atoms with E-state index >= 15 is 0 Å². The number of aromatic amines is 1. The number of rotatable bonds is 6. The molecule has 156 valence electrons. The lowest BCUT2D eigenvalue weighted by Crippen LogP contribution is -2.32. The number of aromatic nitrogens is 2. The van der Waals surface area contributed by atoms with Crippen LogP contribution in [0.2, 0.25) is 0 Å². The molecule has 1 aromatic heterocycles. The fourth-order valence-corrected chi connectivity index (χ4v) is 4.38. The lowest BCUT2D eigenvalue weighted by molar-refractivity contribution is 0.294. The molecule has 2 aromatic carbocycles. The summed E-state index contributed by atoms with van der Waals surface area (Å²) in [7, 11) is 0. The lowest BCUT2D eigenvalue weighted by atomic mass is 10.1. The van der Waals surface area contributed by atoms with Crippen molar-refractivity contribution in [3.05, 3.63) is 81.6 Å². The third kappa shape index (κ3) is 5.20. The molecule has 7 nitrogen and oxygen atoms in total. The van der Waals surface area contributed by atoms with Crippen molar-refractivity contribution >= 4 is 23.9 Å². The minimum Gasteiger partial charge on any atom is -0.297 e. The Kier molecular flexibility index (Phi) is 6.77. The smallest absolute Gasteiger partial charge is 0.270 e. The Morgan fingerprint density at radius 1 is 1.16 bits per heavy atom. The Morgan fingerprint density at radius 2 is 1.90 bits per heavy atom. The van der Waals surface area contributed by atoms with E-state index in [-0.39, 0.29) is 11.5 Å².